The summed E-state index contributed by atoms with van der Waals surface area (Å²) in [4.78, 5) is 17.6. The van der Waals surface area contributed by atoms with E-state index in [0.717, 1.165) is 43.4 Å². The molecule has 0 saturated carbocycles. The Morgan fingerprint density at radius 3 is 2.84 bits per heavy atom. The summed E-state index contributed by atoms with van der Waals surface area (Å²) < 4.78 is 0. The van der Waals surface area contributed by atoms with Crippen LogP contribution in [0.1, 0.15) is 53.6 Å². The van der Waals surface area contributed by atoms with Gasteiger partial charge >= 0.3 is 0 Å². The van der Waals surface area contributed by atoms with Crippen LogP contribution in [0.2, 0.25) is 0 Å². The average molecular weight is 336 g/mol. The molecule has 0 radical (unpaired) electrons. The molecule has 1 aromatic heterocycles. The van der Waals surface area contributed by atoms with E-state index in [-0.39, 0.29) is 30.4 Å². The van der Waals surface area contributed by atoms with Crippen molar-refractivity contribution in [2.24, 2.45) is 5.92 Å². The van der Waals surface area contributed by atoms with E-state index >= 15 is 0 Å². The van der Waals surface area contributed by atoms with E-state index in [2.05, 4.69) is 28.5 Å². The van der Waals surface area contributed by atoms with E-state index in [0.29, 0.717) is 0 Å². The van der Waals surface area contributed by atoms with E-state index in [1.165, 1.54) is 11.1 Å². The molecule has 25 heavy (non-hydrogen) atoms. The molecule has 3 unspecified atom stereocenters. The lowest BCUT2D eigenvalue weighted by atomic mass is 9.79. The van der Waals surface area contributed by atoms with Crippen LogP contribution in [0.25, 0.3) is 0 Å². The van der Waals surface area contributed by atoms with Crippen LogP contribution in [-0.2, 0) is 17.6 Å². The van der Waals surface area contributed by atoms with E-state index in [1.807, 2.05) is 18.2 Å². The molecule has 0 spiro atoms. The van der Waals surface area contributed by atoms with Gasteiger partial charge in [-0.05, 0) is 54.9 Å². The largest absolute Gasteiger partial charge is 0.396 e. The molecule has 0 saturated heterocycles. The Hall–Kier alpha value is -2.20. The van der Waals surface area contributed by atoms with Crippen LogP contribution in [0.3, 0.4) is 0 Å². The van der Waals surface area contributed by atoms with Crippen molar-refractivity contribution in [3.63, 3.8) is 0 Å². The van der Waals surface area contributed by atoms with Crippen LogP contribution in [0.15, 0.2) is 42.6 Å². The van der Waals surface area contributed by atoms with E-state index < -0.39 is 0 Å². The first kappa shape index (κ1) is 16.3. The maximum atomic E-state index is 13.1. The summed E-state index contributed by atoms with van der Waals surface area (Å²) in [7, 11) is 0. The molecule has 2 aliphatic carbocycles. The lowest BCUT2D eigenvalue weighted by molar-refractivity contribution is -0.124. The molecular weight excluding hydrogens is 312 g/mol. The number of amides is 1. The van der Waals surface area contributed by atoms with Crippen LogP contribution in [0, 0.1) is 5.92 Å². The Morgan fingerprint density at radius 2 is 1.96 bits per heavy atom. The highest BCUT2D eigenvalue weighted by molar-refractivity contribution is 5.84. The van der Waals surface area contributed by atoms with E-state index in [1.54, 1.807) is 6.20 Å². The summed E-state index contributed by atoms with van der Waals surface area (Å²) in [6.07, 6.45) is 6.49. The number of hydrogen-bond acceptors (Lipinski definition) is 3. The molecule has 1 aromatic carbocycles. The van der Waals surface area contributed by atoms with Gasteiger partial charge in [0.05, 0.1) is 17.7 Å². The zero-order valence-electron chi connectivity index (χ0n) is 14.3. The molecule has 2 aromatic rings. The second-order valence-electron chi connectivity index (χ2n) is 7.16. The molecule has 4 rings (SSSR count). The molecule has 4 heteroatoms. The van der Waals surface area contributed by atoms with Crippen molar-refractivity contribution in [3.05, 3.63) is 65.0 Å². The number of carbonyl (C=O) groups excluding carboxylic acids is 1. The van der Waals surface area contributed by atoms with Gasteiger partial charge in [-0.3, -0.25) is 9.78 Å². The van der Waals surface area contributed by atoms with Crippen molar-refractivity contribution >= 4 is 5.91 Å². The van der Waals surface area contributed by atoms with Crippen molar-refractivity contribution in [1.82, 2.24) is 10.3 Å². The van der Waals surface area contributed by atoms with Gasteiger partial charge in [-0.2, -0.15) is 0 Å². The number of aliphatic hydroxyl groups is 1. The molecule has 0 fully saturated rings. The second-order valence-corrected chi connectivity index (χ2v) is 7.16. The molecule has 0 aliphatic heterocycles. The summed E-state index contributed by atoms with van der Waals surface area (Å²) in [5.41, 5.74) is 4.55. The van der Waals surface area contributed by atoms with Crippen LogP contribution in [0.5, 0.6) is 0 Å². The number of aryl methyl sites for hydroxylation is 2. The number of carbonyl (C=O) groups is 1. The highest BCUT2D eigenvalue weighted by atomic mass is 16.3. The quantitative estimate of drug-likeness (QED) is 0.906. The smallest absolute Gasteiger partial charge is 0.229 e. The van der Waals surface area contributed by atoms with Gasteiger partial charge in [0.2, 0.25) is 5.91 Å². The fraction of sp³-hybridized carbons (Fsp3) is 0.429. The molecule has 3 atom stereocenters. The predicted molar refractivity (Wildman–Crippen MR) is 96.1 cm³/mol. The van der Waals surface area contributed by atoms with Gasteiger partial charge in [-0.1, -0.05) is 30.3 Å². The van der Waals surface area contributed by atoms with Crippen molar-refractivity contribution < 1.29 is 9.90 Å². The molecule has 0 bridgehead atoms. The highest BCUT2D eigenvalue weighted by Crippen LogP contribution is 2.36. The van der Waals surface area contributed by atoms with Gasteiger partial charge in [0.25, 0.3) is 0 Å². The number of fused-ring (bicyclic) bond motifs is 2. The van der Waals surface area contributed by atoms with Crippen molar-refractivity contribution in [3.8, 4) is 0 Å². The minimum absolute atomic E-state index is 0.0415. The lowest BCUT2D eigenvalue weighted by Gasteiger charge is -2.34. The minimum atomic E-state index is -0.182. The maximum absolute atomic E-state index is 13.1. The van der Waals surface area contributed by atoms with Crippen LogP contribution >= 0.6 is 0 Å². The van der Waals surface area contributed by atoms with Gasteiger partial charge < -0.3 is 10.4 Å². The van der Waals surface area contributed by atoms with Crippen LogP contribution in [-0.4, -0.2) is 22.6 Å². The molecule has 1 heterocycles. The van der Waals surface area contributed by atoms with Gasteiger partial charge in [0.15, 0.2) is 0 Å². The average Bonchev–Trinajstić information content (AvgIpc) is 2.67. The van der Waals surface area contributed by atoms with Crippen LogP contribution in [0.4, 0.5) is 0 Å². The third kappa shape index (κ3) is 3.07. The fourth-order valence-corrected chi connectivity index (χ4v) is 4.34. The summed E-state index contributed by atoms with van der Waals surface area (Å²) in [5, 5.41) is 13.1. The van der Waals surface area contributed by atoms with E-state index in [4.69, 9.17) is 0 Å². The Balaban J connectivity index is 1.60. The fourth-order valence-electron chi connectivity index (χ4n) is 4.34. The third-order valence-electron chi connectivity index (χ3n) is 5.69. The Kier molecular flexibility index (Phi) is 4.53. The first-order valence-electron chi connectivity index (χ1n) is 9.20. The summed E-state index contributed by atoms with van der Waals surface area (Å²) in [6, 6.07) is 12.2. The van der Waals surface area contributed by atoms with Gasteiger partial charge in [-0.15, -0.1) is 0 Å². The number of aromatic nitrogens is 1. The molecule has 1 amide bonds. The Bertz CT molecular complexity index is 774. The van der Waals surface area contributed by atoms with Crippen molar-refractivity contribution in [2.75, 3.05) is 6.61 Å². The molecule has 2 N–H and O–H groups in total. The maximum Gasteiger partial charge on any atom is 0.229 e. The molecule has 4 nitrogen and oxygen atoms in total. The monoisotopic (exact) mass is 336 g/mol. The summed E-state index contributed by atoms with van der Waals surface area (Å²) >= 11 is 0. The zero-order chi connectivity index (χ0) is 17.2. The summed E-state index contributed by atoms with van der Waals surface area (Å²) in [6.45, 7) is 0.0960. The number of nitrogens with one attached hydrogen (secondary N) is 1. The number of rotatable bonds is 3. The summed E-state index contributed by atoms with van der Waals surface area (Å²) in [5.74, 6) is -0.0659. The van der Waals surface area contributed by atoms with Gasteiger partial charge in [0, 0.05) is 18.7 Å². The molecular formula is C21H24N2O2. The Labute approximate surface area is 148 Å². The van der Waals surface area contributed by atoms with Crippen LogP contribution < -0.4 is 5.32 Å². The van der Waals surface area contributed by atoms with Crippen molar-refractivity contribution in [2.45, 2.75) is 44.1 Å². The molecule has 2 aliphatic rings. The minimum Gasteiger partial charge on any atom is -0.396 e. The SMILES string of the molecule is O=C(NC1c2ccccc2CCC1CO)C1CCCc2cccnc21. The standard InChI is InChI=1S/C21H24N2O2/c24-13-16-11-10-14-5-1-2-8-17(14)20(16)23-21(25)18-9-3-6-15-7-4-12-22-19(15)18/h1-2,4-5,7-8,12,16,18,20,24H,3,6,9-11,13H2,(H,23,25). The number of hydrogen-bond donors (Lipinski definition) is 2. The van der Waals surface area contributed by atoms with Gasteiger partial charge in [-0.25, -0.2) is 0 Å². The number of aliphatic hydroxyl groups excluding tert-OH is 1. The number of pyridine rings is 1. The third-order valence-corrected chi connectivity index (χ3v) is 5.69. The van der Waals surface area contributed by atoms with Crippen molar-refractivity contribution in [1.29, 1.82) is 0 Å². The number of benzene rings is 1. The zero-order valence-corrected chi connectivity index (χ0v) is 14.3. The normalized spacial score (nSPS) is 24.9. The number of nitrogens with zero attached hydrogens (tertiary/aromatic N) is 1. The predicted octanol–water partition coefficient (Wildman–Crippen LogP) is 2.91. The lowest BCUT2D eigenvalue weighted by Crippen LogP contribution is -2.41. The highest BCUT2D eigenvalue weighted by Gasteiger charge is 2.34. The first-order valence-corrected chi connectivity index (χ1v) is 9.20. The van der Waals surface area contributed by atoms with E-state index in [9.17, 15) is 9.90 Å². The second kappa shape index (κ2) is 6.96. The first-order chi connectivity index (χ1) is 12.3. The topological polar surface area (TPSA) is 62.2 Å². The Morgan fingerprint density at radius 1 is 1.12 bits per heavy atom. The molecule has 130 valence electrons. The van der Waals surface area contributed by atoms with Gasteiger partial charge in [0.1, 0.15) is 0 Å².